The van der Waals surface area contributed by atoms with Crippen LogP contribution >= 0.6 is 0 Å². The van der Waals surface area contributed by atoms with Crippen molar-refractivity contribution in [2.45, 2.75) is 95.4 Å². The molecular formula is C32H43NO7. The number of likely N-dealkylation sites (tertiary alicyclic amines) is 1. The Balaban J connectivity index is 1.44. The summed E-state index contributed by atoms with van der Waals surface area (Å²) in [6.45, 7) is 7.28. The first kappa shape index (κ1) is 26.9. The van der Waals surface area contributed by atoms with Crippen LogP contribution in [0.3, 0.4) is 0 Å². The van der Waals surface area contributed by atoms with Gasteiger partial charge in [0.15, 0.2) is 0 Å². The van der Waals surface area contributed by atoms with Crippen LogP contribution in [-0.2, 0) is 19.0 Å². The van der Waals surface area contributed by atoms with Gasteiger partial charge < -0.3 is 24.4 Å². The number of piperidine rings is 1. The fraction of sp³-hybridized carbons (Fsp3) is 0.750. The number of esters is 2. The first-order valence-electron chi connectivity index (χ1n) is 15.3. The maximum absolute atomic E-state index is 13.6. The summed E-state index contributed by atoms with van der Waals surface area (Å²) >= 11 is 0. The number of fused-ring (bicyclic) bond motifs is 1. The van der Waals surface area contributed by atoms with Crippen molar-refractivity contribution >= 4 is 11.9 Å². The number of hydrogen-bond acceptors (Lipinski definition) is 8. The molecule has 2 N–H and O–H groups in total. The molecule has 5 saturated carbocycles. The summed E-state index contributed by atoms with van der Waals surface area (Å²) < 4.78 is 19.0. The summed E-state index contributed by atoms with van der Waals surface area (Å²) in [7, 11) is 1.71. The molecule has 7 rings (SSSR count). The average molecular weight is 554 g/mol. The van der Waals surface area contributed by atoms with Gasteiger partial charge in [0.2, 0.25) is 0 Å². The lowest BCUT2D eigenvalue weighted by atomic mass is 9.38. The lowest BCUT2D eigenvalue weighted by Gasteiger charge is -2.73. The number of carbonyl (C=O) groups is 2. The highest BCUT2D eigenvalue weighted by Gasteiger charge is 2.91. The van der Waals surface area contributed by atoms with Crippen LogP contribution in [0.1, 0.15) is 69.7 Å². The van der Waals surface area contributed by atoms with E-state index in [1.807, 2.05) is 18.2 Å². The van der Waals surface area contributed by atoms with Gasteiger partial charge in [0.25, 0.3) is 0 Å². The van der Waals surface area contributed by atoms with Crippen molar-refractivity contribution in [3.05, 3.63) is 35.9 Å². The van der Waals surface area contributed by atoms with E-state index in [0.29, 0.717) is 24.8 Å². The van der Waals surface area contributed by atoms with E-state index in [-0.39, 0.29) is 35.9 Å². The van der Waals surface area contributed by atoms with Crippen molar-refractivity contribution in [1.29, 1.82) is 0 Å². The largest absolute Gasteiger partial charge is 0.461 e. The lowest BCUT2D eigenvalue weighted by molar-refractivity contribution is -0.347. The molecule has 2 spiro atoms. The Morgan fingerprint density at radius 1 is 1.10 bits per heavy atom. The summed E-state index contributed by atoms with van der Waals surface area (Å²) in [4.78, 5) is 28.7. The number of methoxy groups -OCH3 is 1. The van der Waals surface area contributed by atoms with Crippen LogP contribution in [-0.4, -0.2) is 83.3 Å². The van der Waals surface area contributed by atoms with Crippen molar-refractivity contribution in [2.75, 3.05) is 20.2 Å². The van der Waals surface area contributed by atoms with Gasteiger partial charge in [-0.05, 0) is 62.6 Å². The van der Waals surface area contributed by atoms with E-state index < -0.39 is 46.1 Å². The van der Waals surface area contributed by atoms with E-state index >= 15 is 0 Å². The standard InChI is InChI=1S/C32H43NO7/c1-5-29-17-33(6-2)25-21-14-22(29)32(25,24(38-4)15-23(29)35)31(37)16-20-12-13-30(31,27(21)39-18(3)34)26(20)40-28(36)19-10-8-7-9-11-19/h7-11,20-27,35,37H,5-6,12-17H2,1-4H3. The molecule has 1 saturated heterocycles. The number of aliphatic hydroxyl groups is 2. The number of hydrogen-bond donors (Lipinski definition) is 2. The minimum Gasteiger partial charge on any atom is -0.461 e. The molecule has 218 valence electrons. The lowest BCUT2D eigenvalue weighted by Crippen LogP contribution is -2.84. The zero-order valence-corrected chi connectivity index (χ0v) is 24.0. The van der Waals surface area contributed by atoms with Gasteiger partial charge in [-0.15, -0.1) is 0 Å². The monoisotopic (exact) mass is 553 g/mol. The van der Waals surface area contributed by atoms with Crippen LogP contribution in [0.4, 0.5) is 0 Å². The molecular weight excluding hydrogens is 510 g/mol. The van der Waals surface area contributed by atoms with E-state index in [0.717, 1.165) is 32.4 Å². The fourth-order valence-electron chi connectivity index (χ4n) is 11.9. The third kappa shape index (κ3) is 2.82. The summed E-state index contributed by atoms with van der Waals surface area (Å²) in [5, 5.41) is 25.3. The molecule has 12 atom stereocenters. The molecule has 40 heavy (non-hydrogen) atoms. The molecule has 0 radical (unpaired) electrons. The molecule has 0 amide bonds. The molecule has 8 heteroatoms. The van der Waals surface area contributed by atoms with Gasteiger partial charge in [-0.3, -0.25) is 9.69 Å². The second-order valence-corrected chi connectivity index (χ2v) is 13.6. The van der Waals surface area contributed by atoms with Crippen LogP contribution in [0.15, 0.2) is 30.3 Å². The molecule has 1 aromatic carbocycles. The zero-order chi connectivity index (χ0) is 28.2. The van der Waals surface area contributed by atoms with Crippen LogP contribution in [0.2, 0.25) is 0 Å². The Labute approximate surface area is 236 Å². The van der Waals surface area contributed by atoms with E-state index in [1.54, 1.807) is 19.2 Å². The molecule has 12 unspecified atom stereocenters. The highest BCUT2D eigenvalue weighted by atomic mass is 16.6. The van der Waals surface area contributed by atoms with Crippen molar-refractivity contribution in [3.8, 4) is 0 Å². The van der Waals surface area contributed by atoms with Gasteiger partial charge >= 0.3 is 11.9 Å². The number of carbonyl (C=O) groups excluding carboxylic acids is 2. The Kier molecular flexibility index (Phi) is 5.88. The average Bonchev–Trinajstić information content (AvgIpc) is 3.50. The Bertz CT molecular complexity index is 1210. The smallest absolute Gasteiger partial charge is 0.338 e. The number of nitrogens with zero attached hydrogens (tertiary/aromatic N) is 1. The van der Waals surface area contributed by atoms with E-state index in [4.69, 9.17) is 14.2 Å². The molecule has 5 aliphatic carbocycles. The molecule has 0 aromatic heterocycles. The molecule has 1 aliphatic heterocycles. The SMILES string of the molecule is CCN1CC2(CC)C(O)CC(OC)C34C1C(CC23)C(OC(C)=O)C12CCC(CC14O)C2OC(=O)c1ccccc1. The molecule has 8 nitrogen and oxygen atoms in total. The molecule has 6 aliphatic rings. The van der Waals surface area contributed by atoms with Crippen LogP contribution in [0.5, 0.6) is 0 Å². The van der Waals surface area contributed by atoms with Crippen LogP contribution in [0, 0.1) is 34.0 Å². The van der Waals surface area contributed by atoms with E-state index in [2.05, 4.69) is 18.7 Å². The summed E-state index contributed by atoms with van der Waals surface area (Å²) in [5.74, 6) is -0.870. The number of aliphatic hydroxyl groups excluding tert-OH is 1. The number of ether oxygens (including phenoxy) is 3. The van der Waals surface area contributed by atoms with Crippen molar-refractivity contribution in [3.63, 3.8) is 0 Å². The second kappa shape index (κ2) is 8.76. The van der Waals surface area contributed by atoms with Crippen LogP contribution in [0.25, 0.3) is 0 Å². The maximum Gasteiger partial charge on any atom is 0.338 e. The molecule has 1 heterocycles. The van der Waals surface area contributed by atoms with Crippen molar-refractivity contribution in [2.24, 2.45) is 34.0 Å². The Morgan fingerprint density at radius 3 is 2.50 bits per heavy atom. The predicted molar refractivity (Wildman–Crippen MR) is 145 cm³/mol. The van der Waals surface area contributed by atoms with Crippen LogP contribution < -0.4 is 0 Å². The first-order valence-corrected chi connectivity index (χ1v) is 15.3. The molecule has 7 bridgehead atoms. The number of rotatable bonds is 6. The van der Waals surface area contributed by atoms with Crippen molar-refractivity contribution in [1.82, 2.24) is 4.90 Å². The highest BCUT2D eigenvalue weighted by Crippen LogP contribution is 2.83. The van der Waals surface area contributed by atoms with Gasteiger partial charge in [-0.1, -0.05) is 32.0 Å². The third-order valence-electron chi connectivity index (χ3n) is 12.9. The Hall–Kier alpha value is -2.00. The summed E-state index contributed by atoms with van der Waals surface area (Å²) in [5.41, 5.74) is -2.80. The fourth-order valence-corrected chi connectivity index (χ4v) is 11.9. The van der Waals surface area contributed by atoms with Gasteiger partial charge in [0.05, 0.1) is 28.8 Å². The summed E-state index contributed by atoms with van der Waals surface area (Å²) in [6, 6.07) is 8.94. The zero-order valence-electron chi connectivity index (χ0n) is 24.0. The minimum atomic E-state index is -1.29. The third-order valence-corrected chi connectivity index (χ3v) is 12.9. The van der Waals surface area contributed by atoms with Gasteiger partial charge in [0, 0.05) is 49.8 Å². The second-order valence-electron chi connectivity index (χ2n) is 13.6. The van der Waals surface area contributed by atoms with Gasteiger partial charge in [-0.2, -0.15) is 0 Å². The quantitative estimate of drug-likeness (QED) is 0.518. The molecule has 1 aromatic rings. The Morgan fingerprint density at radius 2 is 1.85 bits per heavy atom. The minimum absolute atomic E-state index is 0.00348. The van der Waals surface area contributed by atoms with Gasteiger partial charge in [0.1, 0.15) is 12.2 Å². The van der Waals surface area contributed by atoms with E-state index in [1.165, 1.54) is 6.92 Å². The van der Waals surface area contributed by atoms with Crippen molar-refractivity contribution < 1.29 is 34.0 Å². The first-order chi connectivity index (χ1) is 19.2. The van der Waals surface area contributed by atoms with Gasteiger partial charge in [-0.25, -0.2) is 4.79 Å². The normalized spacial score (nSPS) is 50.0. The topological polar surface area (TPSA) is 106 Å². The van der Waals surface area contributed by atoms with E-state index in [9.17, 15) is 19.8 Å². The summed E-state index contributed by atoms with van der Waals surface area (Å²) in [6.07, 6.45) is 1.86. The highest BCUT2D eigenvalue weighted by molar-refractivity contribution is 5.89. The predicted octanol–water partition coefficient (Wildman–Crippen LogP) is 3.19. The molecule has 6 fully saturated rings. The maximum atomic E-state index is 13.6. The number of benzene rings is 1.